The van der Waals surface area contributed by atoms with Gasteiger partial charge in [0, 0.05) is 37.4 Å². The fraction of sp³-hybridized carbons (Fsp3) is 0.261. The minimum absolute atomic E-state index is 0.222. The van der Waals surface area contributed by atoms with Gasteiger partial charge >= 0.3 is 0 Å². The van der Waals surface area contributed by atoms with Gasteiger partial charge in [-0.25, -0.2) is 9.97 Å². The van der Waals surface area contributed by atoms with Gasteiger partial charge in [0.15, 0.2) is 5.82 Å². The van der Waals surface area contributed by atoms with Crippen LogP contribution >= 0.6 is 27.5 Å². The Hall–Kier alpha value is -3.08. The SMILES string of the molecule is Cc1cc(OCc2ccn(C)n2)c(Br)c(=O)n1-c1cc(-c2ccnc(C(C)(C)O)n2)ncc1Cl. The lowest BCUT2D eigenvalue weighted by Gasteiger charge is -2.17. The van der Waals surface area contributed by atoms with Crippen LogP contribution in [0.25, 0.3) is 17.1 Å². The fourth-order valence-electron chi connectivity index (χ4n) is 3.31. The van der Waals surface area contributed by atoms with Crippen LogP contribution < -0.4 is 10.3 Å². The van der Waals surface area contributed by atoms with Crippen molar-refractivity contribution >= 4 is 27.5 Å². The highest BCUT2D eigenvalue weighted by Gasteiger charge is 2.21. The van der Waals surface area contributed by atoms with Crippen LogP contribution in [0.2, 0.25) is 5.02 Å². The summed E-state index contributed by atoms with van der Waals surface area (Å²) < 4.78 is 9.25. The number of hydrogen-bond donors (Lipinski definition) is 1. The molecule has 176 valence electrons. The Morgan fingerprint density at radius 1 is 1.21 bits per heavy atom. The number of aromatic nitrogens is 6. The van der Waals surface area contributed by atoms with Crippen molar-refractivity contribution in [1.29, 1.82) is 0 Å². The molecule has 0 aliphatic rings. The van der Waals surface area contributed by atoms with Crippen molar-refractivity contribution in [3.8, 4) is 22.8 Å². The van der Waals surface area contributed by atoms with Crippen LogP contribution in [0, 0.1) is 6.92 Å². The third kappa shape index (κ3) is 4.89. The minimum Gasteiger partial charge on any atom is -0.486 e. The third-order valence-corrected chi connectivity index (χ3v) is 6.01. The van der Waals surface area contributed by atoms with Crippen molar-refractivity contribution in [1.82, 2.24) is 29.3 Å². The summed E-state index contributed by atoms with van der Waals surface area (Å²) >= 11 is 9.82. The van der Waals surface area contributed by atoms with E-state index >= 15 is 0 Å². The van der Waals surface area contributed by atoms with Gasteiger partial charge in [0.25, 0.3) is 5.56 Å². The molecule has 4 rings (SSSR count). The molecule has 9 nitrogen and oxygen atoms in total. The van der Waals surface area contributed by atoms with Gasteiger partial charge < -0.3 is 9.84 Å². The molecule has 0 aliphatic heterocycles. The molecule has 0 spiro atoms. The molecule has 4 aromatic heterocycles. The summed E-state index contributed by atoms with van der Waals surface area (Å²) in [6.07, 6.45) is 4.83. The quantitative estimate of drug-likeness (QED) is 0.391. The average Bonchev–Trinajstić information content (AvgIpc) is 3.21. The summed E-state index contributed by atoms with van der Waals surface area (Å²) in [5, 5.41) is 14.8. The number of aryl methyl sites for hydroxylation is 2. The second kappa shape index (κ2) is 9.28. The maximum Gasteiger partial charge on any atom is 0.273 e. The molecule has 0 atom stereocenters. The van der Waals surface area contributed by atoms with Crippen molar-refractivity contribution in [3.05, 3.63) is 79.9 Å². The van der Waals surface area contributed by atoms with Gasteiger partial charge in [0.05, 0.1) is 27.8 Å². The Morgan fingerprint density at radius 2 is 1.97 bits per heavy atom. The van der Waals surface area contributed by atoms with E-state index in [0.717, 1.165) is 5.69 Å². The normalized spacial score (nSPS) is 11.6. The van der Waals surface area contributed by atoms with Crippen LogP contribution in [-0.4, -0.2) is 34.4 Å². The lowest BCUT2D eigenvalue weighted by Crippen LogP contribution is -2.22. The zero-order chi connectivity index (χ0) is 24.6. The van der Waals surface area contributed by atoms with Crippen molar-refractivity contribution in [2.24, 2.45) is 7.05 Å². The average molecular weight is 546 g/mol. The van der Waals surface area contributed by atoms with Crippen LogP contribution in [0.3, 0.4) is 0 Å². The summed E-state index contributed by atoms with van der Waals surface area (Å²) in [5.74, 6) is 0.661. The highest BCUT2D eigenvalue weighted by atomic mass is 79.9. The van der Waals surface area contributed by atoms with E-state index in [9.17, 15) is 9.90 Å². The molecule has 0 bridgehead atoms. The van der Waals surface area contributed by atoms with Gasteiger partial charge in [-0.2, -0.15) is 5.10 Å². The standard InChI is InChI=1S/C23H22BrClN6O3/c1-13-9-19(34-12-14-6-8-30(4)29-14)20(24)21(32)31(13)18-10-17(27-11-15(18)25)16-5-7-26-22(28-16)23(2,3)33/h5-11,33H,12H2,1-4H3. The predicted molar refractivity (Wildman–Crippen MR) is 131 cm³/mol. The highest BCUT2D eigenvalue weighted by molar-refractivity contribution is 9.10. The number of aliphatic hydroxyl groups is 1. The number of ether oxygens (including phenoxy) is 1. The molecule has 0 fully saturated rings. The molecule has 4 aromatic rings. The van der Waals surface area contributed by atoms with Gasteiger partial charge in [0.1, 0.15) is 22.4 Å². The fourth-order valence-corrected chi connectivity index (χ4v) is 3.91. The van der Waals surface area contributed by atoms with Crippen molar-refractivity contribution < 1.29 is 9.84 Å². The van der Waals surface area contributed by atoms with Gasteiger partial charge in [-0.05, 0) is 54.9 Å². The Morgan fingerprint density at radius 3 is 2.65 bits per heavy atom. The minimum atomic E-state index is -1.21. The van der Waals surface area contributed by atoms with Crippen LogP contribution in [0.15, 0.2) is 52.1 Å². The first-order valence-corrected chi connectivity index (χ1v) is 11.5. The van der Waals surface area contributed by atoms with Crippen molar-refractivity contribution in [2.45, 2.75) is 33.0 Å². The smallest absolute Gasteiger partial charge is 0.273 e. The monoisotopic (exact) mass is 544 g/mol. The lowest BCUT2D eigenvalue weighted by molar-refractivity contribution is 0.0688. The molecule has 4 heterocycles. The zero-order valence-corrected chi connectivity index (χ0v) is 21.3. The molecule has 0 saturated heterocycles. The number of pyridine rings is 2. The molecule has 0 unspecified atom stereocenters. The van der Waals surface area contributed by atoms with Crippen LogP contribution in [-0.2, 0) is 19.3 Å². The number of rotatable bonds is 6. The Kier molecular flexibility index (Phi) is 6.57. The Labute approximate surface area is 209 Å². The van der Waals surface area contributed by atoms with Crippen molar-refractivity contribution in [2.75, 3.05) is 0 Å². The van der Waals surface area contributed by atoms with E-state index in [1.165, 1.54) is 10.8 Å². The molecule has 1 N–H and O–H groups in total. The molecule has 34 heavy (non-hydrogen) atoms. The van der Waals surface area contributed by atoms with Crippen molar-refractivity contribution in [3.63, 3.8) is 0 Å². The largest absolute Gasteiger partial charge is 0.486 e. The molecule has 0 aromatic carbocycles. The van der Waals surface area contributed by atoms with Gasteiger partial charge in [-0.1, -0.05) is 11.6 Å². The third-order valence-electron chi connectivity index (χ3n) is 4.99. The number of halogens is 2. The summed E-state index contributed by atoms with van der Waals surface area (Å²) in [4.78, 5) is 26.2. The van der Waals surface area contributed by atoms with Gasteiger partial charge in [-0.15, -0.1) is 0 Å². The number of hydrogen-bond acceptors (Lipinski definition) is 7. The van der Waals surface area contributed by atoms with Crippen LogP contribution in [0.4, 0.5) is 0 Å². The van der Waals surface area contributed by atoms with Gasteiger partial charge in [-0.3, -0.25) is 19.0 Å². The first kappa shape index (κ1) is 24.1. The molecule has 0 saturated carbocycles. The summed E-state index contributed by atoms with van der Waals surface area (Å²) in [6.45, 7) is 5.21. The van der Waals surface area contributed by atoms with E-state index in [4.69, 9.17) is 16.3 Å². The maximum atomic E-state index is 13.3. The molecular formula is C23H22BrClN6O3. The van der Waals surface area contributed by atoms with E-state index < -0.39 is 5.60 Å². The number of nitrogens with zero attached hydrogens (tertiary/aromatic N) is 6. The molecule has 0 amide bonds. The summed E-state index contributed by atoms with van der Waals surface area (Å²) in [5.41, 5.74) is 1.21. The van der Waals surface area contributed by atoms with E-state index in [-0.39, 0.29) is 22.5 Å². The Bertz CT molecular complexity index is 1430. The summed E-state index contributed by atoms with van der Waals surface area (Å²) in [6, 6.07) is 6.95. The second-order valence-corrected chi connectivity index (χ2v) is 9.42. The maximum absolute atomic E-state index is 13.3. The zero-order valence-electron chi connectivity index (χ0n) is 19.0. The van der Waals surface area contributed by atoms with Crippen LogP contribution in [0.5, 0.6) is 5.75 Å². The topological polar surface area (TPSA) is 108 Å². The molecule has 11 heteroatoms. The second-order valence-electron chi connectivity index (χ2n) is 8.22. The van der Waals surface area contributed by atoms with Gasteiger partial charge in [0.2, 0.25) is 0 Å². The lowest BCUT2D eigenvalue weighted by atomic mass is 10.1. The first-order chi connectivity index (χ1) is 16.0. The van der Waals surface area contributed by atoms with E-state index in [0.29, 0.717) is 33.5 Å². The highest BCUT2D eigenvalue weighted by Crippen LogP contribution is 2.29. The van der Waals surface area contributed by atoms with E-state index in [1.807, 2.05) is 19.3 Å². The Balaban J connectivity index is 1.73. The van der Waals surface area contributed by atoms with E-state index in [1.54, 1.807) is 49.8 Å². The molecule has 0 radical (unpaired) electrons. The first-order valence-electron chi connectivity index (χ1n) is 10.3. The molecule has 0 aliphatic carbocycles. The molecular weight excluding hydrogens is 524 g/mol. The predicted octanol–water partition coefficient (Wildman–Crippen LogP) is 3.95. The van der Waals surface area contributed by atoms with E-state index in [2.05, 4.69) is 36.0 Å². The van der Waals surface area contributed by atoms with Crippen LogP contribution in [0.1, 0.15) is 31.1 Å². The summed E-state index contributed by atoms with van der Waals surface area (Å²) in [7, 11) is 1.82.